The summed E-state index contributed by atoms with van der Waals surface area (Å²) in [5.41, 5.74) is 0. The SMILES string of the molecule is CC=CC(=O)CCOC(=O)[n+]1ccccc1. The highest BCUT2D eigenvalue weighted by atomic mass is 16.5. The Labute approximate surface area is 94.2 Å². The van der Waals surface area contributed by atoms with Crippen LogP contribution in [-0.4, -0.2) is 18.5 Å². The highest BCUT2D eigenvalue weighted by Crippen LogP contribution is 1.89. The van der Waals surface area contributed by atoms with Crippen LogP contribution in [0.4, 0.5) is 4.79 Å². The lowest BCUT2D eigenvalue weighted by Gasteiger charge is -1.97. The lowest BCUT2D eigenvalue weighted by molar-refractivity contribution is -0.586. The van der Waals surface area contributed by atoms with Gasteiger partial charge in [0.2, 0.25) is 0 Å². The highest BCUT2D eigenvalue weighted by Gasteiger charge is 2.14. The van der Waals surface area contributed by atoms with Gasteiger partial charge in [0.15, 0.2) is 18.2 Å². The number of aromatic nitrogens is 1. The van der Waals surface area contributed by atoms with Gasteiger partial charge in [0, 0.05) is 18.6 Å². The Morgan fingerprint density at radius 2 is 1.94 bits per heavy atom. The molecular weight excluding hydrogens is 206 g/mol. The van der Waals surface area contributed by atoms with E-state index in [4.69, 9.17) is 4.74 Å². The van der Waals surface area contributed by atoms with Crippen LogP contribution in [0, 0.1) is 0 Å². The van der Waals surface area contributed by atoms with Crippen molar-refractivity contribution in [2.45, 2.75) is 13.3 Å². The van der Waals surface area contributed by atoms with Crippen LogP contribution < -0.4 is 4.57 Å². The van der Waals surface area contributed by atoms with Crippen LogP contribution in [0.5, 0.6) is 0 Å². The molecule has 0 amide bonds. The van der Waals surface area contributed by atoms with Crippen molar-refractivity contribution in [3.05, 3.63) is 42.7 Å². The minimum atomic E-state index is -0.478. The van der Waals surface area contributed by atoms with Crippen LogP contribution in [0.1, 0.15) is 13.3 Å². The topological polar surface area (TPSA) is 47.3 Å². The summed E-state index contributed by atoms with van der Waals surface area (Å²) in [4.78, 5) is 22.5. The number of rotatable bonds is 4. The summed E-state index contributed by atoms with van der Waals surface area (Å²) in [5, 5.41) is 0. The van der Waals surface area contributed by atoms with Crippen molar-refractivity contribution in [2.75, 3.05) is 6.61 Å². The van der Waals surface area contributed by atoms with Crippen molar-refractivity contribution in [1.29, 1.82) is 0 Å². The molecule has 0 aliphatic heterocycles. The van der Waals surface area contributed by atoms with Crippen molar-refractivity contribution in [1.82, 2.24) is 0 Å². The molecule has 0 N–H and O–H groups in total. The first-order valence-electron chi connectivity index (χ1n) is 5.03. The second kappa shape index (κ2) is 6.50. The summed E-state index contributed by atoms with van der Waals surface area (Å²) in [5.74, 6) is -0.0478. The molecule has 4 nitrogen and oxygen atoms in total. The Morgan fingerprint density at radius 3 is 2.56 bits per heavy atom. The largest absolute Gasteiger partial charge is 0.601 e. The molecule has 0 aromatic carbocycles. The van der Waals surface area contributed by atoms with E-state index in [1.165, 1.54) is 10.6 Å². The van der Waals surface area contributed by atoms with Gasteiger partial charge in [-0.15, -0.1) is 0 Å². The third kappa shape index (κ3) is 4.04. The van der Waals surface area contributed by atoms with Gasteiger partial charge in [0.05, 0.1) is 0 Å². The molecule has 1 heterocycles. The van der Waals surface area contributed by atoms with E-state index in [1.807, 2.05) is 0 Å². The first kappa shape index (κ1) is 12.1. The van der Waals surface area contributed by atoms with Gasteiger partial charge in [0.1, 0.15) is 6.61 Å². The second-order valence-corrected chi connectivity index (χ2v) is 3.11. The summed E-state index contributed by atoms with van der Waals surface area (Å²) in [6.07, 6.45) is 6.05. The van der Waals surface area contributed by atoms with Gasteiger partial charge < -0.3 is 4.74 Å². The Hall–Kier alpha value is -1.97. The molecule has 84 valence electrons. The average molecular weight is 220 g/mol. The van der Waals surface area contributed by atoms with Gasteiger partial charge in [-0.2, -0.15) is 4.79 Å². The number of carbonyl (C=O) groups excluding carboxylic acids is 2. The van der Waals surface area contributed by atoms with Crippen molar-refractivity contribution in [3.63, 3.8) is 0 Å². The Kier molecular flexibility index (Phi) is 4.92. The predicted molar refractivity (Wildman–Crippen MR) is 57.8 cm³/mol. The van der Waals surface area contributed by atoms with Crippen molar-refractivity contribution >= 4 is 11.9 Å². The molecule has 0 atom stereocenters. The molecule has 0 saturated carbocycles. The number of carbonyl (C=O) groups is 2. The van der Waals surface area contributed by atoms with Gasteiger partial charge >= 0.3 is 6.09 Å². The molecule has 0 spiro atoms. The molecule has 0 fully saturated rings. The molecular formula is C12H14NO3+. The molecule has 0 unspecified atom stereocenters. The van der Waals surface area contributed by atoms with E-state index in [0.717, 1.165) is 0 Å². The molecule has 1 aromatic heterocycles. The van der Waals surface area contributed by atoms with Crippen LogP contribution in [0.25, 0.3) is 0 Å². The summed E-state index contributed by atoms with van der Waals surface area (Å²) in [6.45, 7) is 1.87. The summed E-state index contributed by atoms with van der Waals surface area (Å²) >= 11 is 0. The summed E-state index contributed by atoms with van der Waals surface area (Å²) < 4.78 is 6.23. The van der Waals surface area contributed by atoms with Crippen LogP contribution in [0.15, 0.2) is 42.7 Å². The standard InChI is InChI=1S/C12H14NO3/c1-2-6-11(14)7-10-16-12(15)13-8-4-3-5-9-13/h2-6,8-9H,7,10H2,1H3/q+1. The monoisotopic (exact) mass is 220 g/mol. The fraction of sp³-hybridized carbons (Fsp3) is 0.250. The number of allylic oxidation sites excluding steroid dienone is 2. The zero-order chi connectivity index (χ0) is 11.8. The van der Waals surface area contributed by atoms with E-state index in [1.54, 1.807) is 43.6 Å². The number of hydrogen-bond donors (Lipinski definition) is 0. The number of nitrogens with zero attached hydrogens (tertiary/aromatic N) is 1. The first-order chi connectivity index (χ1) is 7.74. The maximum atomic E-state index is 11.4. The highest BCUT2D eigenvalue weighted by molar-refractivity contribution is 5.89. The van der Waals surface area contributed by atoms with Gasteiger partial charge in [-0.25, -0.2) is 0 Å². The average Bonchev–Trinajstić information content (AvgIpc) is 2.30. The Bertz CT molecular complexity index is 385. The van der Waals surface area contributed by atoms with Crippen LogP contribution in [-0.2, 0) is 9.53 Å². The lowest BCUT2D eigenvalue weighted by Crippen LogP contribution is -2.42. The Morgan fingerprint density at radius 1 is 1.25 bits per heavy atom. The quantitative estimate of drug-likeness (QED) is 0.570. The summed E-state index contributed by atoms with van der Waals surface area (Å²) in [7, 11) is 0. The molecule has 1 aromatic rings. The van der Waals surface area contributed by atoms with E-state index in [9.17, 15) is 9.59 Å². The van der Waals surface area contributed by atoms with E-state index >= 15 is 0 Å². The molecule has 0 aliphatic carbocycles. The van der Waals surface area contributed by atoms with Gasteiger partial charge in [-0.3, -0.25) is 4.79 Å². The number of ketones is 1. The van der Waals surface area contributed by atoms with Crippen molar-refractivity contribution in [3.8, 4) is 0 Å². The van der Waals surface area contributed by atoms with Crippen LogP contribution >= 0.6 is 0 Å². The molecule has 0 bridgehead atoms. The second-order valence-electron chi connectivity index (χ2n) is 3.11. The fourth-order valence-electron chi connectivity index (χ4n) is 1.10. The zero-order valence-corrected chi connectivity index (χ0v) is 9.13. The normalized spacial score (nSPS) is 10.3. The van der Waals surface area contributed by atoms with Gasteiger partial charge in [-0.1, -0.05) is 16.7 Å². The zero-order valence-electron chi connectivity index (χ0n) is 9.13. The molecule has 16 heavy (non-hydrogen) atoms. The molecule has 1 rings (SSSR count). The van der Waals surface area contributed by atoms with Crippen molar-refractivity contribution < 1.29 is 18.9 Å². The predicted octanol–water partition coefficient (Wildman–Crippen LogP) is 1.49. The molecule has 0 radical (unpaired) electrons. The third-order valence-corrected chi connectivity index (χ3v) is 1.85. The lowest BCUT2D eigenvalue weighted by atomic mass is 10.3. The van der Waals surface area contributed by atoms with Crippen molar-refractivity contribution in [2.24, 2.45) is 0 Å². The van der Waals surface area contributed by atoms with Gasteiger partial charge in [-0.05, 0) is 13.0 Å². The fourth-order valence-corrected chi connectivity index (χ4v) is 1.10. The Balaban J connectivity index is 2.34. The molecule has 0 aliphatic rings. The minimum absolute atomic E-state index is 0.0478. The maximum absolute atomic E-state index is 11.4. The molecule has 4 heteroatoms. The third-order valence-electron chi connectivity index (χ3n) is 1.85. The van der Waals surface area contributed by atoms with E-state index in [2.05, 4.69) is 0 Å². The first-order valence-corrected chi connectivity index (χ1v) is 5.03. The number of ether oxygens (including phenoxy) is 1. The smallest absolute Gasteiger partial charge is 0.411 e. The number of hydrogen-bond acceptors (Lipinski definition) is 3. The van der Waals surface area contributed by atoms with E-state index < -0.39 is 6.09 Å². The maximum Gasteiger partial charge on any atom is 0.601 e. The minimum Gasteiger partial charge on any atom is -0.411 e. The van der Waals surface area contributed by atoms with Crippen LogP contribution in [0.3, 0.4) is 0 Å². The van der Waals surface area contributed by atoms with Crippen LogP contribution in [0.2, 0.25) is 0 Å². The number of pyridine rings is 1. The van der Waals surface area contributed by atoms with E-state index in [0.29, 0.717) is 0 Å². The van der Waals surface area contributed by atoms with Gasteiger partial charge in [0.25, 0.3) is 0 Å². The molecule has 0 saturated heterocycles. The summed E-state index contributed by atoms with van der Waals surface area (Å²) in [6, 6.07) is 5.26. The van der Waals surface area contributed by atoms with E-state index in [-0.39, 0.29) is 18.8 Å².